The fourth-order valence-corrected chi connectivity index (χ4v) is 1.88. The normalized spacial score (nSPS) is 12.7. The summed E-state index contributed by atoms with van der Waals surface area (Å²) in [5, 5.41) is 11.4. The first kappa shape index (κ1) is 11.2. The molecule has 0 aliphatic heterocycles. The summed E-state index contributed by atoms with van der Waals surface area (Å²) < 4.78 is 2.70. The smallest absolute Gasteiger partial charge is 0.159 e. The van der Waals surface area contributed by atoms with Crippen molar-refractivity contribution in [3.63, 3.8) is 0 Å². The Balaban J connectivity index is 2.37. The monoisotopic (exact) mass is 281 g/mol. The van der Waals surface area contributed by atoms with Gasteiger partial charge in [0.05, 0.1) is 5.92 Å². The van der Waals surface area contributed by atoms with E-state index in [4.69, 9.17) is 5.73 Å². The van der Waals surface area contributed by atoms with E-state index in [9.17, 15) is 0 Å². The van der Waals surface area contributed by atoms with Crippen LogP contribution in [0, 0.1) is 0 Å². The van der Waals surface area contributed by atoms with Crippen molar-refractivity contribution in [1.29, 1.82) is 0 Å². The van der Waals surface area contributed by atoms with Crippen molar-refractivity contribution in [3.05, 3.63) is 40.1 Å². The number of hydrogen-bond acceptors (Lipinski definition) is 4. The molecule has 0 radical (unpaired) electrons. The van der Waals surface area contributed by atoms with E-state index >= 15 is 0 Å². The average Bonchev–Trinajstić information content (AvgIpc) is 2.69. The lowest BCUT2D eigenvalue weighted by atomic mass is 9.99. The third kappa shape index (κ3) is 2.12. The van der Waals surface area contributed by atoms with E-state index in [1.807, 2.05) is 31.3 Å². The van der Waals surface area contributed by atoms with E-state index in [-0.39, 0.29) is 5.92 Å². The molecule has 1 aromatic heterocycles. The van der Waals surface area contributed by atoms with E-state index in [1.54, 1.807) is 4.68 Å². The molecule has 0 aliphatic rings. The second-order valence-corrected chi connectivity index (χ2v) is 4.42. The summed E-state index contributed by atoms with van der Waals surface area (Å²) in [7, 11) is 1.82. The summed E-state index contributed by atoms with van der Waals surface area (Å²) in [5.74, 6) is 0.818. The molecule has 1 heterocycles. The van der Waals surface area contributed by atoms with Crippen molar-refractivity contribution in [2.75, 3.05) is 6.54 Å². The Kier molecular flexibility index (Phi) is 3.31. The number of nitrogens with zero attached hydrogens (tertiary/aromatic N) is 4. The van der Waals surface area contributed by atoms with Gasteiger partial charge in [-0.25, -0.2) is 4.68 Å². The van der Waals surface area contributed by atoms with Crippen LogP contribution in [0.5, 0.6) is 0 Å². The van der Waals surface area contributed by atoms with Gasteiger partial charge in [0.1, 0.15) is 0 Å². The van der Waals surface area contributed by atoms with Crippen LogP contribution < -0.4 is 5.73 Å². The fraction of sp³-hybridized carbons (Fsp3) is 0.300. The van der Waals surface area contributed by atoms with Crippen LogP contribution in [0.2, 0.25) is 0 Å². The van der Waals surface area contributed by atoms with Crippen molar-refractivity contribution in [1.82, 2.24) is 20.2 Å². The lowest BCUT2D eigenvalue weighted by Gasteiger charge is -2.13. The molecule has 2 aromatic rings. The molecule has 1 atom stereocenters. The zero-order valence-corrected chi connectivity index (χ0v) is 10.4. The molecule has 0 bridgehead atoms. The van der Waals surface area contributed by atoms with Crippen LogP contribution in [0.1, 0.15) is 17.3 Å². The molecule has 1 unspecified atom stereocenters. The molecule has 6 heteroatoms. The summed E-state index contributed by atoms with van der Waals surface area (Å²) in [5.41, 5.74) is 6.90. The van der Waals surface area contributed by atoms with Gasteiger partial charge < -0.3 is 5.73 Å². The Hall–Kier alpha value is -1.27. The van der Waals surface area contributed by atoms with E-state index in [2.05, 4.69) is 31.5 Å². The summed E-state index contributed by atoms with van der Waals surface area (Å²) in [6, 6.07) is 8.02. The highest BCUT2D eigenvalue weighted by Crippen LogP contribution is 2.22. The highest BCUT2D eigenvalue weighted by Gasteiger charge is 2.17. The second kappa shape index (κ2) is 4.71. The minimum Gasteiger partial charge on any atom is -0.329 e. The molecule has 0 aliphatic carbocycles. The molecule has 16 heavy (non-hydrogen) atoms. The van der Waals surface area contributed by atoms with Crippen LogP contribution in [0.4, 0.5) is 0 Å². The van der Waals surface area contributed by atoms with Gasteiger partial charge in [0.2, 0.25) is 0 Å². The number of halogens is 1. The number of tetrazole rings is 1. The largest absolute Gasteiger partial charge is 0.329 e. The number of rotatable bonds is 3. The number of nitrogens with two attached hydrogens (primary N) is 1. The topological polar surface area (TPSA) is 69.6 Å². The summed E-state index contributed by atoms with van der Waals surface area (Å²) in [6.45, 7) is 0.482. The average molecular weight is 282 g/mol. The Bertz CT molecular complexity index is 464. The maximum Gasteiger partial charge on any atom is 0.159 e. The molecule has 2 rings (SSSR count). The first-order chi connectivity index (χ1) is 7.72. The van der Waals surface area contributed by atoms with Gasteiger partial charge in [-0.1, -0.05) is 28.1 Å². The van der Waals surface area contributed by atoms with Gasteiger partial charge in [-0.05, 0) is 28.1 Å². The molecule has 0 fully saturated rings. The Labute approximate surface area is 102 Å². The fourth-order valence-electron chi connectivity index (χ4n) is 1.62. The van der Waals surface area contributed by atoms with Crippen LogP contribution in [-0.2, 0) is 7.05 Å². The predicted octanol–water partition coefficient (Wildman–Crippen LogP) is 1.06. The van der Waals surface area contributed by atoms with Crippen molar-refractivity contribution in [3.8, 4) is 0 Å². The molecule has 84 valence electrons. The quantitative estimate of drug-likeness (QED) is 0.914. The van der Waals surface area contributed by atoms with Crippen molar-refractivity contribution < 1.29 is 0 Å². The predicted molar refractivity (Wildman–Crippen MR) is 63.8 cm³/mol. The van der Waals surface area contributed by atoms with Gasteiger partial charge in [0.25, 0.3) is 0 Å². The standard InChI is InChI=1S/C10H12BrN5/c1-16-10(13-14-15-16)9(6-12)7-2-4-8(11)5-3-7/h2-5,9H,6,12H2,1H3. The van der Waals surface area contributed by atoms with Crippen LogP contribution in [0.15, 0.2) is 28.7 Å². The Morgan fingerprint density at radius 1 is 1.38 bits per heavy atom. The lowest BCUT2D eigenvalue weighted by molar-refractivity contribution is 0.641. The van der Waals surface area contributed by atoms with Crippen molar-refractivity contribution in [2.24, 2.45) is 12.8 Å². The third-order valence-electron chi connectivity index (χ3n) is 2.47. The van der Waals surface area contributed by atoms with Gasteiger partial charge in [-0.2, -0.15) is 0 Å². The van der Waals surface area contributed by atoms with Crippen molar-refractivity contribution >= 4 is 15.9 Å². The lowest BCUT2D eigenvalue weighted by Crippen LogP contribution is -2.18. The Morgan fingerprint density at radius 2 is 2.06 bits per heavy atom. The molecule has 5 nitrogen and oxygen atoms in total. The first-order valence-corrected chi connectivity index (χ1v) is 5.69. The SMILES string of the molecule is Cn1nnnc1C(CN)c1ccc(Br)cc1. The number of benzene rings is 1. The molecule has 1 aromatic carbocycles. The molecule has 0 saturated heterocycles. The summed E-state index contributed by atoms with van der Waals surface area (Å²) in [4.78, 5) is 0. The highest BCUT2D eigenvalue weighted by atomic mass is 79.9. The van der Waals surface area contributed by atoms with E-state index < -0.39 is 0 Å². The van der Waals surface area contributed by atoms with Gasteiger partial charge in [-0.15, -0.1) is 5.10 Å². The van der Waals surface area contributed by atoms with Crippen LogP contribution in [0.3, 0.4) is 0 Å². The zero-order valence-electron chi connectivity index (χ0n) is 8.84. The maximum atomic E-state index is 5.78. The van der Waals surface area contributed by atoms with Gasteiger partial charge in [0, 0.05) is 18.1 Å². The van der Waals surface area contributed by atoms with E-state index in [0.29, 0.717) is 6.54 Å². The third-order valence-corrected chi connectivity index (χ3v) is 3.00. The Morgan fingerprint density at radius 3 is 2.56 bits per heavy atom. The molecule has 0 spiro atoms. The summed E-state index contributed by atoms with van der Waals surface area (Å²) >= 11 is 3.40. The van der Waals surface area contributed by atoms with E-state index in [1.165, 1.54) is 0 Å². The van der Waals surface area contributed by atoms with Crippen LogP contribution in [0.25, 0.3) is 0 Å². The van der Waals surface area contributed by atoms with Crippen LogP contribution >= 0.6 is 15.9 Å². The number of aryl methyl sites for hydroxylation is 1. The van der Waals surface area contributed by atoms with Crippen LogP contribution in [-0.4, -0.2) is 26.8 Å². The molecule has 2 N–H and O–H groups in total. The maximum absolute atomic E-state index is 5.78. The molecule has 0 saturated carbocycles. The second-order valence-electron chi connectivity index (χ2n) is 3.50. The summed E-state index contributed by atoms with van der Waals surface area (Å²) in [6.07, 6.45) is 0. The minimum absolute atomic E-state index is 0.0353. The molecule has 0 amide bonds. The highest BCUT2D eigenvalue weighted by molar-refractivity contribution is 9.10. The van der Waals surface area contributed by atoms with Gasteiger partial charge >= 0.3 is 0 Å². The van der Waals surface area contributed by atoms with Gasteiger partial charge in [0.15, 0.2) is 5.82 Å². The van der Waals surface area contributed by atoms with Gasteiger partial charge in [-0.3, -0.25) is 0 Å². The first-order valence-electron chi connectivity index (χ1n) is 4.90. The molecular weight excluding hydrogens is 270 g/mol. The molecular formula is C10H12BrN5. The van der Waals surface area contributed by atoms with Crippen molar-refractivity contribution in [2.45, 2.75) is 5.92 Å². The minimum atomic E-state index is 0.0353. The number of aromatic nitrogens is 4. The number of hydrogen-bond donors (Lipinski definition) is 1. The van der Waals surface area contributed by atoms with E-state index in [0.717, 1.165) is 15.9 Å². The zero-order chi connectivity index (χ0) is 11.5.